The van der Waals surface area contributed by atoms with Gasteiger partial charge in [-0.1, -0.05) is 30.0 Å². The number of hydrogen-bond acceptors (Lipinski definition) is 6. The molecule has 130 valence electrons. The topological polar surface area (TPSA) is 70.7 Å². The number of benzene rings is 2. The molecular weight excluding hydrogens is 348 g/mol. The van der Waals surface area contributed by atoms with E-state index in [-0.39, 0.29) is 0 Å². The Balaban J connectivity index is 1.53. The summed E-state index contributed by atoms with van der Waals surface area (Å²) in [7, 11) is 1.66. The SMILES string of the molecule is COc1ccc(-n2ccnc2SCc2nnnn2-c2ccccc2)cc1. The number of imidazole rings is 1. The molecule has 0 bridgehead atoms. The van der Waals surface area contributed by atoms with Crippen molar-refractivity contribution in [1.29, 1.82) is 0 Å². The van der Waals surface area contributed by atoms with Crippen LogP contribution in [0.3, 0.4) is 0 Å². The van der Waals surface area contributed by atoms with E-state index in [0.29, 0.717) is 5.75 Å². The van der Waals surface area contributed by atoms with E-state index in [1.807, 2.05) is 65.4 Å². The monoisotopic (exact) mass is 364 g/mol. The molecule has 7 nitrogen and oxygen atoms in total. The van der Waals surface area contributed by atoms with Gasteiger partial charge in [0.1, 0.15) is 5.75 Å². The minimum Gasteiger partial charge on any atom is -0.497 e. The van der Waals surface area contributed by atoms with Crippen molar-refractivity contribution >= 4 is 11.8 Å². The van der Waals surface area contributed by atoms with Crippen molar-refractivity contribution in [2.24, 2.45) is 0 Å². The summed E-state index contributed by atoms with van der Waals surface area (Å²) in [5.41, 5.74) is 1.96. The van der Waals surface area contributed by atoms with Crippen molar-refractivity contribution in [2.75, 3.05) is 7.11 Å². The highest BCUT2D eigenvalue weighted by atomic mass is 32.2. The molecule has 0 spiro atoms. The first kappa shape index (κ1) is 16.3. The molecule has 0 amide bonds. The van der Waals surface area contributed by atoms with Gasteiger partial charge in [0.15, 0.2) is 11.0 Å². The van der Waals surface area contributed by atoms with Gasteiger partial charge in [-0.2, -0.15) is 4.68 Å². The smallest absolute Gasteiger partial charge is 0.173 e. The lowest BCUT2D eigenvalue weighted by atomic mass is 10.3. The van der Waals surface area contributed by atoms with Crippen LogP contribution in [0.4, 0.5) is 0 Å². The van der Waals surface area contributed by atoms with Crippen LogP contribution in [0.1, 0.15) is 5.82 Å². The molecule has 2 heterocycles. The third kappa shape index (κ3) is 3.31. The standard InChI is InChI=1S/C18H16N6OS/c1-25-16-9-7-14(8-10-16)23-12-11-19-18(23)26-13-17-20-21-22-24(17)15-5-3-2-4-6-15/h2-12H,13H2,1H3. The number of methoxy groups -OCH3 is 1. The van der Waals surface area contributed by atoms with Gasteiger partial charge in [0, 0.05) is 18.1 Å². The Morgan fingerprint density at radius 1 is 1.00 bits per heavy atom. The van der Waals surface area contributed by atoms with Crippen molar-refractivity contribution in [1.82, 2.24) is 29.8 Å². The number of tetrazole rings is 1. The minimum absolute atomic E-state index is 0.606. The Bertz CT molecular complexity index is 980. The molecule has 0 atom stereocenters. The summed E-state index contributed by atoms with van der Waals surface area (Å²) in [6, 6.07) is 17.7. The molecule has 0 radical (unpaired) electrons. The Morgan fingerprint density at radius 2 is 1.81 bits per heavy atom. The summed E-state index contributed by atoms with van der Waals surface area (Å²) in [4.78, 5) is 4.45. The molecule has 0 fully saturated rings. The number of hydrogen-bond donors (Lipinski definition) is 0. The Kier molecular flexibility index (Phi) is 4.65. The summed E-state index contributed by atoms with van der Waals surface area (Å²) in [5.74, 6) is 2.20. The van der Waals surface area contributed by atoms with E-state index in [9.17, 15) is 0 Å². The zero-order valence-corrected chi connectivity index (χ0v) is 14.9. The Labute approximate surface area is 154 Å². The van der Waals surface area contributed by atoms with Crippen LogP contribution in [0, 0.1) is 0 Å². The fourth-order valence-corrected chi connectivity index (χ4v) is 3.41. The maximum Gasteiger partial charge on any atom is 0.173 e. The van der Waals surface area contributed by atoms with E-state index in [0.717, 1.165) is 28.1 Å². The summed E-state index contributed by atoms with van der Waals surface area (Å²) in [6.07, 6.45) is 3.72. The lowest BCUT2D eigenvalue weighted by Crippen LogP contribution is -2.02. The second-order valence-electron chi connectivity index (χ2n) is 5.41. The molecule has 0 N–H and O–H groups in total. The molecule has 0 aliphatic heterocycles. The molecule has 8 heteroatoms. The van der Waals surface area contributed by atoms with Gasteiger partial charge in [0.2, 0.25) is 0 Å². The first-order valence-electron chi connectivity index (χ1n) is 7.98. The lowest BCUT2D eigenvalue weighted by Gasteiger charge is -2.08. The molecule has 0 saturated heterocycles. The van der Waals surface area contributed by atoms with E-state index < -0.39 is 0 Å². The average Bonchev–Trinajstić information content (AvgIpc) is 3.36. The van der Waals surface area contributed by atoms with Crippen LogP contribution in [0.25, 0.3) is 11.4 Å². The lowest BCUT2D eigenvalue weighted by molar-refractivity contribution is 0.414. The Hall–Kier alpha value is -3.13. The molecule has 0 aliphatic carbocycles. The van der Waals surface area contributed by atoms with Gasteiger partial charge in [0.25, 0.3) is 0 Å². The van der Waals surface area contributed by atoms with Gasteiger partial charge >= 0.3 is 0 Å². The van der Waals surface area contributed by atoms with Crippen molar-refractivity contribution in [3.8, 4) is 17.1 Å². The summed E-state index contributed by atoms with van der Waals surface area (Å²) >= 11 is 1.58. The summed E-state index contributed by atoms with van der Waals surface area (Å²) < 4.78 is 8.99. The third-order valence-electron chi connectivity index (χ3n) is 3.82. The molecule has 4 rings (SSSR count). The van der Waals surface area contributed by atoms with Crippen LogP contribution in [-0.2, 0) is 5.75 Å². The van der Waals surface area contributed by atoms with Crippen LogP contribution in [0.5, 0.6) is 5.75 Å². The second kappa shape index (κ2) is 7.40. The van der Waals surface area contributed by atoms with Crippen molar-refractivity contribution in [2.45, 2.75) is 10.9 Å². The number of aromatic nitrogens is 6. The number of rotatable bonds is 6. The zero-order valence-electron chi connectivity index (χ0n) is 14.1. The van der Waals surface area contributed by atoms with E-state index in [1.54, 1.807) is 29.8 Å². The van der Waals surface area contributed by atoms with Crippen LogP contribution in [-0.4, -0.2) is 36.9 Å². The molecule has 4 aromatic rings. The van der Waals surface area contributed by atoms with Crippen LogP contribution in [0.15, 0.2) is 72.1 Å². The van der Waals surface area contributed by atoms with E-state index in [4.69, 9.17) is 4.74 Å². The number of thioether (sulfide) groups is 1. The maximum absolute atomic E-state index is 5.21. The van der Waals surface area contributed by atoms with E-state index in [2.05, 4.69) is 20.5 Å². The van der Waals surface area contributed by atoms with Crippen LogP contribution in [0.2, 0.25) is 0 Å². The van der Waals surface area contributed by atoms with Crippen LogP contribution < -0.4 is 4.74 Å². The highest BCUT2D eigenvalue weighted by Gasteiger charge is 2.12. The molecule has 0 saturated carbocycles. The number of para-hydroxylation sites is 1. The first-order valence-corrected chi connectivity index (χ1v) is 8.97. The molecule has 0 unspecified atom stereocenters. The fourth-order valence-electron chi connectivity index (χ4n) is 2.53. The van der Waals surface area contributed by atoms with Gasteiger partial charge < -0.3 is 4.74 Å². The highest BCUT2D eigenvalue weighted by Crippen LogP contribution is 2.25. The van der Waals surface area contributed by atoms with E-state index >= 15 is 0 Å². The highest BCUT2D eigenvalue weighted by molar-refractivity contribution is 7.98. The number of ether oxygens (including phenoxy) is 1. The predicted octanol–water partition coefficient (Wildman–Crippen LogP) is 3.15. The Morgan fingerprint density at radius 3 is 2.58 bits per heavy atom. The number of nitrogens with zero attached hydrogens (tertiary/aromatic N) is 6. The predicted molar refractivity (Wildman–Crippen MR) is 98.8 cm³/mol. The van der Waals surface area contributed by atoms with Gasteiger partial charge in [-0.15, -0.1) is 5.10 Å². The second-order valence-corrected chi connectivity index (χ2v) is 6.35. The van der Waals surface area contributed by atoms with E-state index in [1.165, 1.54) is 0 Å². The summed E-state index contributed by atoms with van der Waals surface area (Å²) in [6.45, 7) is 0. The average molecular weight is 364 g/mol. The molecule has 26 heavy (non-hydrogen) atoms. The van der Waals surface area contributed by atoms with Gasteiger partial charge in [-0.25, -0.2) is 4.98 Å². The minimum atomic E-state index is 0.606. The normalized spacial score (nSPS) is 10.8. The molecule has 2 aromatic carbocycles. The van der Waals surface area contributed by atoms with Crippen molar-refractivity contribution in [3.63, 3.8) is 0 Å². The quantitative estimate of drug-likeness (QED) is 0.490. The van der Waals surface area contributed by atoms with Gasteiger partial charge in [-0.3, -0.25) is 4.57 Å². The third-order valence-corrected chi connectivity index (χ3v) is 4.79. The molecule has 2 aromatic heterocycles. The molecular formula is C18H16N6OS. The van der Waals surface area contributed by atoms with Crippen molar-refractivity contribution in [3.05, 3.63) is 72.8 Å². The molecule has 0 aliphatic rings. The van der Waals surface area contributed by atoms with Gasteiger partial charge in [0.05, 0.1) is 18.6 Å². The zero-order chi connectivity index (χ0) is 17.8. The fraction of sp³-hybridized carbons (Fsp3) is 0.111. The summed E-state index contributed by atoms with van der Waals surface area (Å²) in [5, 5.41) is 12.9. The van der Waals surface area contributed by atoms with Crippen LogP contribution >= 0.6 is 11.8 Å². The first-order chi connectivity index (χ1) is 12.8. The van der Waals surface area contributed by atoms with Crippen molar-refractivity contribution < 1.29 is 4.74 Å². The largest absolute Gasteiger partial charge is 0.497 e. The van der Waals surface area contributed by atoms with Gasteiger partial charge in [-0.05, 0) is 46.8 Å². The maximum atomic E-state index is 5.21.